The van der Waals surface area contributed by atoms with Crippen LogP contribution in [0.15, 0.2) is 237 Å². The van der Waals surface area contributed by atoms with E-state index >= 15 is 0 Å². The van der Waals surface area contributed by atoms with Crippen LogP contribution in [0, 0.1) is 0 Å². The van der Waals surface area contributed by atoms with Gasteiger partial charge >= 0.3 is 0 Å². The molecule has 0 fully saturated rings. The van der Waals surface area contributed by atoms with E-state index in [1.54, 1.807) is 0 Å². The molecule has 286 valence electrons. The molecule has 1 aromatic heterocycles. The predicted octanol–water partition coefficient (Wildman–Crippen LogP) is 16.4. The summed E-state index contributed by atoms with van der Waals surface area (Å²) in [4.78, 5) is 2.46. The second kappa shape index (κ2) is 14.3. The molecule has 1 aliphatic rings. The van der Waals surface area contributed by atoms with Gasteiger partial charge in [-0.1, -0.05) is 200 Å². The summed E-state index contributed by atoms with van der Waals surface area (Å²) in [5.41, 5.74) is 15.5. The number of rotatable bonds is 7. The van der Waals surface area contributed by atoms with Crippen molar-refractivity contribution in [2.45, 2.75) is 5.41 Å². The molecule has 0 atom stereocenters. The van der Waals surface area contributed by atoms with Crippen LogP contribution in [0.2, 0.25) is 0 Å². The minimum absolute atomic E-state index is 0.448. The average Bonchev–Trinajstić information content (AvgIpc) is 3.87. The van der Waals surface area contributed by atoms with Crippen LogP contribution in [0.1, 0.15) is 22.3 Å². The van der Waals surface area contributed by atoms with E-state index in [9.17, 15) is 0 Å². The van der Waals surface area contributed by atoms with Gasteiger partial charge in [-0.05, 0) is 86.3 Å². The van der Waals surface area contributed by atoms with Crippen molar-refractivity contribution < 1.29 is 0 Å². The van der Waals surface area contributed by atoms with Crippen LogP contribution in [0.5, 0.6) is 0 Å². The van der Waals surface area contributed by atoms with E-state index in [0.29, 0.717) is 0 Å². The number of hydrogen-bond donors (Lipinski definition) is 0. The lowest BCUT2D eigenvalue weighted by Gasteiger charge is -2.34. The third kappa shape index (κ3) is 5.53. The monoisotopic (exact) mass is 793 g/mol. The molecule has 1 nitrogen and oxygen atoms in total. The van der Waals surface area contributed by atoms with Crippen molar-refractivity contribution in [3.05, 3.63) is 259 Å². The van der Waals surface area contributed by atoms with Crippen LogP contribution in [0.3, 0.4) is 0 Å². The van der Waals surface area contributed by atoms with E-state index in [4.69, 9.17) is 0 Å². The summed E-state index contributed by atoms with van der Waals surface area (Å²) in [6.07, 6.45) is 0. The Morgan fingerprint density at radius 2 is 0.902 bits per heavy atom. The van der Waals surface area contributed by atoms with Gasteiger partial charge in [-0.15, -0.1) is 11.3 Å². The molecule has 11 aromatic rings. The smallest absolute Gasteiger partial charge is 0.0713 e. The van der Waals surface area contributed by atoms with Crippen molar-refractivity contribution >= 4 is 59.3 Å². The fraction of sp³-hybridized carbons (Fsp3) is 0.0169. The quantitative estimate of drug-likeness (QED) is 0.155. The van der Waals surface area contributed by atoms with E-state index < -0.39 is 5.41 Å². The van der Waals surface area contributed by atoms with Gasteiger partial charge < -0.3 is 4.90 Å². The van der Waals surface area contributed by atoms with Gasteiger partial charge in [0, 0.05) is 42.4 Å². The lowest BCUT2D eigenvalue weighted by molar-refractivity contribution is 0.769. The molecule has 0 saturated carbocycles. The van der Waals surface area contributed by atoms with Crippen LogP contribution < -0.4 is 4.90 Å². The van der Waals surface area contributed by atoms with Gasteiger partial charge in [-0.25, -0.2) is 0 Å². The Labute approximate surface area is 360 Å². The maximum Gasteiger partial charge on any atom is 0.0713 e. The molecule has 1 aliphatic carbocycles. The minimum atomic E-state index is -0.448. The second-order valence-electron chi connectivity index (χ2n) is 16.0. The summed E-state index contributed by atoms with van der Waals surface area (Å²) < 4.78 is 2.62. The van der Waals surface area contributed by atoms with Gasteiger partial charge in [0.2, 0.25) is 0 Å². The molecule has 0 spiro atoms. The molecule has 0 bridgehead atoms. The highest BCUT2D eigenvalue weighted by atomic mass is 32.1. The van der Waals surface area contributed by atoms with Gasteiger partial charge in [-0.3, -0.25) is 0 Å². The number of para-hydroxylation sites is 1. The SMILES string of the molecule is c1ccc(C2(c3ccccc3)c3ccccc3-c3ccc(-c4ccc(N(c5ccccc5-c5cccc6c5sc5ccccc56)c5cccc6ccccc56)cc4)cc32)cc1. The fourth-order valence-corrected chi connectivity index (χ4v) is 11.3. The Morgan fingerprint density at radius 3 is 1.70 bits per heavy atom. The number of hydrogen-bond acceptors (Lipinski definition) is 2. The topological polar surface area (TPSA) is 3.24 Å². The number of anilines is 3. The van der Waals surface area contributed by atoms with Crippen molar-refractivity contribution in [3.8, 4) is 33.4 Å². The molecule has 12 rings (SSSR count). The van der Waals surface area contributed by atoms with Crippen LogP contribution in [0.4, 0.5) is 17.1 Å². The summed E-state index contributed by atoms with van der Waals surface area (Å²) in [5.74, 6) is 0. The molecule has 0 N–H and O–H groups in total. The lowest BCUT2D eigenvalue weighted by Crippen LogP contribution is -2.28. The normalized spacial score (nSPS) is 12.7. The number of benzene rings is 10. The Morgan fingerprint density at radius 1 is 0.344 bits per heavy atom. The third-order valence-corrected chi connectivity index (χ3v) is 14.0. The molecule has 0 radical (unpaired) electrons. The van der Waals surface area contributed by atoms with Gasteiger partial charge in [-0.2, -0.15) is 0 Å². The van der Waals surface area contributed by atoms with Crippen LogP contribution in [-0.2, 0) is 5.41 Å². The van der Waals surface area contributed by atoms with Crippen molar-refractivity contribution in [2.24, 2.45) is 0 Å². The molecule has 0 saturated heterocycles. The zero-order valence-electron chi connectivity index (χ0n) is 33.4. The molecular formula is C59H39NS. The molecule has 0 unspecified atom stereocenters. The first-order valence-corrected chi connectivity index (χ1v) is 21.8. The number of fused-ring (bicyclic) bond motifs is 7. The van der Waals surface area contributed by atoms with Crippen molar-refractivity contribution in [1.82, 2.24) is 0 Å². The maximum absolute atomic E-state index is 2.46. The molecule has 2 heteroatoms. The zero-order valence-corrected chi connectivity index (χ0v) is 34.2. The Kier molecular flexibility index (Phi) is 8.33. The zero-order chi connectivity index (χ0) is 40.3. The predicted molar refractivity (Wildman–Crippen MR) is 260 cm³/mol. The molecule has 61 heavy (non-hydrogen) atoms. The van der Waals surface area contributed by atoms with E-state index in [2.05, 4.69) is 241 Å². The molecule has 1 heterocycles. The average molecular weight is 794 g/mol. The summed E-state index contributed by atoms with van der Waals surface area (Å²) in [5, 5.41) is 5.03. The lowest BCUT2D eigenvalue weighted by atomic mass is 9.67. The van der Waals surface area contributed by atoms with Gasteiger partial charge in [0.05, 0.1) is 16.8 Å². The molecule has 0 aliphatic heterocycles. The second-order valence-corrected chi connectivity index (χ2v) is 17.0. The van der Waals surface area contributed by atoms with Crippen molar-refractivity contribution in [3.63, 3.8) is 0 Å². The number of nitrogens with zero attached hydrogens (tertiary/aromatic N) is 1. The third-order valence-electron chi connectivity index (χ3n) is 12.8. The number of thiophene rings is 1. The highest BCUT2D eigenvalue weighted by molar-refractivity contribution is 7.26. The summed E-state index contributed by atoms with van der Waals surface area (Å²) >= 11 is 1.88. The van der Waals surface area contributed by atoms with Gasteiger partial charge in [0.1, 0.15) is 0 Å². The summed E-state index contributed by atoms with van der Waals surface area (Å²) in [7, 11) is 0. The largest absolute Gasteiger partial charge is 0.309 e. The Balaban J connectivity index is 1.03. The molecular weight excluding hydrogens is 755 g/mol. The molecule has 0 amide bonds. The van der Waals surface area contributed by atoms with Crippen LogP contribution in [0.25, 0.3) is 64.3 Å². The standard InChI is InChI=1S/C59H39NS/c1-3-19-43(20-4-1)59(44-21-5-2-6-22-44)53-29-12-9-24-47(53)48-38-35-42(39-54(48)59)40-33-36-45(37-34-40)60(55-31-15-18-41-17-7-8-23-46(41)55)56-30-13-10-25-49(56)51-27-16-28-52-50-26-11-14-32-57(50)61-58(51)52/h1-39H. The Bertz CT molecular complexity index is 3370. The fourth-order valence-electron chi connectivity index (χ4n) is 10.1. The van der Waals surface area contributed by atoms with Crippen molar-refractivity contribution in [1.29, 1.82) is 0 Å². The first kappa shape index (κ1) is 35.4. The first-order chi connectivity index (χ1) is 30.3. The van der Waals surface area contributed by atoms with E-state index in [0.717, 1.165) is 17.1 Å². The van der Waals surface area contributed by atoms with Crippen LogP contribution >= 0.6 is 11.3 Å². The Hall–Kier alpha value is -7.52. The highest BCUT2D eigenvalue weighted by Crippen LogP contribution is 2.57. The first-order valence-electron chi connectivity index (χ1n) is 21.0. The van der Waals surface area contributed by atoms with Gasteiger partial charge in [0.25, 0.3) is 0 Å². The van der Waals surface area contributed by atoms with Crippen molar-refractivity contribution in [2.75, 3.05) is 4.90 Å². The molecule has 10 aromatic carbocycles. The minimum Gasteiger partial charge on any atom is -0.309 e. The van der Waals surface area contributed by atoms with E-state index in [-0.39, 0.29) is 0 Å². The van der Waals surface area contributed by atoms with Gasteiger partial charge in [0.15, 0.2) is 0 Å². The van der Waals surface area contributed by atoms with E-state index in [1.807, 2.05) is 11.3 Å². The maximum atomic E-state index is 2.46. The highest BCUT2D eigenvalue weighted by Gasteiger charge is 2.46. The summed E-state index contributed by atoms with van der Waals surface area (Å²) in [6, 6.07) is 87.2. The van der Waals surface area contributed by atoms with Crippen LogP contribution in [-0.4, -0.2) is 0 Å². The summed E-state index contributed by atoms with van der Waals surface area (Å²) in [6.45, 7) is 0. The van der Waals surface area contributed by atoms with E-state index in [1.165, 1.54) is 86.6 Å².